The molecule has 1 heterocycles. The third-order valence-electron chi connectivity index (χ3n) is 4.42. The third kappa shape index (κ3) is 3.68. The van der Waals surface area contributed by atoms with Gasteiger partial charge in [-0.15, -0.1) is 0 Å². The van der Waals surface area contributed by atoms with E-state index in [2.05, 4.69) is 0 Å². The monoisotopic (exact) mass is 270 g/mol. The van der Waals surface area contributed by atoms with Gasteiger partial charge >= 0.3 is 0 Å². The Kier molecular flexibility index (Phi) is 4.81. The summed E-state index contributed by atoms with van der Waals surface area (Å²) in [5, 5.41) is 10.4. The third-order valence-corrected chi connectivity index (χ3v) is 4.42. The van der Waals surface area contributed by atoms with Crippen LogP contribution < -0.4 is 0 Å². The standard InChI is InChI=1S/C14H26N2O3/c1-12(13(17)16-7-9-19-10-8-16)15(2)11-14(18)5-3-4-6-14/h12,18H,3-11H2,1-2H3. The van der Waals surface area contributed by atoms with Crippen LogP contribution in [0.4, 0.5) is 0 Å². The molecular weight excluding hydrogens is 244 g/mol. The number of carbonyl (C=O) groups excluding carboxylic acids is 1. The second-order valence-corrected chi connectivity index (χ2v) is 5.96. The van der Waals surface area contributed by atoms with E-state index in [0.717, 1.165) is 25.7 Å². The van der Waals surface area contributed by atoms with Gasteiger partial charge in [0, 0.05) is 19.6 Å². The minimum Gasteiger partial charge on any atom is -0.389 e. The molecule has 1 unspecified atom stereocenters. The average molecular weight is 270 g/mol. The molecule has 2 aliphatic rings. The molecule has 1 amide bonds. The van der Waals surface area contributed by atoms with Crippen molar-refractivity contribution in [3.05, 3.63) is 0 Å². The van der Waals surface area contributed by atoms with E-state index in [9.17, 15) is 9.90 Å². The largest absolute Gasteiger partial charge is 0.389 e. The minimum absolute atomic E-state index is 0.146. The number of nitrogens with zero attached hydrogens (tertiary/aromatic N) is 2. The van der Waals surface area contributed by atoms with Crippen LogP contribution >= 0.6 is 0 Å². The molecular formula is C14H26N2O3. The van der Waals surface area contributed by atoms with Crippen molar-refractivity contribution >= 4 is 5.91 Å². The summed E-state index contributed by atoms with van der Waals surface area (Å²) in [5.74, 6) is 0.146. The SMILES string of the molecule is CC(C(=O)N1CCOCC1)N(C)CC1(O)CCCC1. The first-order valence-corrected chi connectivity index (χ1v) is 7.31. The Bertz CT molecular complexity index is 310. The Morgan fingerprint density at radius 1 is 1.37 bits per heavy atom. The molecule has 1 aliphatic carbocycles. The topological polar surface area (TPSA) is 53.0 Å². The number of likely N-dealkylation sites (N-methyl/N-ethyl adjacent to an activating group) is 1. The molecule has 0 spiro atoms. The van der Waals surface area contributed by atoms with Crippen LogP contribution in [-0.4, -0.2) is 72.4 Å². The maximum Gasteiger partial charge on any atom is 0.239 e. The van der Waals surface area contributed by atoms with Gasteiger partial charge in [0.2, 0.25) is 5.91 Å². The van der Waals surface area contributed by atoms with Crippen molar-refractivity contribution in [2.45, 2.75) is 44.2 Å². The van der Waals surface area contributed by atoms with Crippen molar-refractivity contribution < 1.29 is 14.6 Å². The molecule has 0 radical (unpaired) electrons. The van der Waals surface area contributed by atoms with Crippen molar-refractivity contribution in [3.63, 3.8) is 0 Å². The first kappa shape index (κ1) is 14.8. The summed E-state index contributed by atoms with van der Waals surface area (Å²) < 4.78 is 5.27. The number of hydrogen-bond acceptors (Lipinski definition) is 4. The van der Waals surface area contributed by atoms with Gasteiger partial charge in [0.15, 0.2) is 0 Å². The average Bonchev–Trinajstić information content (AvgIpc) is 2.84. The molecule has 5 heteroatoms. The Hall–Kier alpha value is -0.650. The van der Waals surface area contributed by atoms with Gasteiger partial charge in [-0.25, -0.2) is 0 Å². The lowest BCUT2D eigenvalue weighted by molar-refractivity contribution is -0.141. The Balaban J connectivity index is 1.86. The van der Waals surface area contributed by atoms with Crippen molar-refractivity contribution in [2.24, 2.45) is 0 Å². The molecule has 1 aliphatic heterocycles. The normalized spacial score (nSPS) is 24.7. The number of morpholine rings is 1. The summed E-state index contributed by atoms with van der Waals surface area (Å²) in [4.78, 5) is 16.2. The Morgan fingerprint density at radius 2 is 1.95 bits per heavy atom. The molecule has 5 nitrogen and oxygen atoms in total. The highest BCUT2D eigenvalue weighted by Crippen LogP contribution is 2.30. The van der Waals surface area contributed by atoms with Crippen LogP contribution in [0.25, 0.3) is 0 Å². The van der Waals surface area contributed by atoms with E-state index in [4.69, 9.17) is 4.74 Å². The zero-order valence-electron chi connectivity index (χ0n) is 12.1. The van der Waals surface area contributed by atoms with Crippen molar-refractivity contribution in [3.8, 4) is 0 Å². The van der Waals surface area contributed by atoms with E-state index in [1.165, 1.54) is 0 Å². The smallest absolute Gasteiger partial charge is 0.239 e. The van der Waals surface area contributed by atoms with Crippen molar-refractivity contribution in [2.75, 3.05) is 39.9 Å². The fourth-order valence-corrected chi connectivity index (χ4v) is 3.03. The summed E-state index contributed by atoms with van der Waals surface area (Å²) in [5.41, 5.74) is -0.589. The number of rotatable bonds is 4. The number of carbonyl (C=O) groups is 1. The van der Waals surface area contributed by atoms with Gasteiger partial charge in [-0.2, -0.15) is 0 Å². The van der Waals surface area contributed by atoms with E-state index >= 15 is 0 Å². The summed E-state index contributed by atoms with van der Waals surface area (Å²) in [6.45, 7) is 5.14. The highest BCUT2D eigenvalue weighted by Gasteiger charge is 2.35. The Labute approximate surface area is 115 Å². The molecule has 0 aromatic heterocycles. The van der Waals surface area contributed by atoms with E-state index < -0.39 is 5.60 Å². The fraction of sp³-hybridized carbons (Fsp3) is 0.929. The van der Waals surface area contributed by atoms with Crippen LogP contribution in [0.5, 0.6) is 0 Å². The van der Waals surface area contributed by atoms with E-state index in [0.29, 0.717) is 32.8 Å². The number of ether oxygens (including phenoxy) is 1. The fourth-order valence-electron chi connectivity index (χ4n) is 3.03. The highest BCUT2D eigenvalue weighted by atomic mass is 16.5. The lowest BCUT2D eigenvalue weighted by Crippen LogP contribution is -2.52. The van der Waals surface area contributed by atoms with Gasteiger partial charge in [-0.05, 0) is 26.8 Å². The maximum absolute atomic E-state index is 12.4. The summed E-state index contributed by atoms with van der Waals surface area (Å²) >= 11 is 0. The summed E-state index contributed by atoms with van der Waals surface area (Å²) in [6, 6.07) is -0.178. The molecule has 1 N–H and O–H groups in total. The van der Waals surface area contributed by atoms with Crippen LogP contribution in [0.3, 0.4) is 0 Å². The maximum atomic E-state index is 12.4. The minimum atomic E-state index is -0.589. The molecule has 2 rings (SSSR count). The van der Waals surface area contributed by atoms with Crippen molar-refractivity contribution in [1.82, 2.24) is 9.80 Å². The van der Waals surface area contributed by atoms with Crippen molar-refractivity contribution in [1.29, 1.82) is 0 Å². The van der Waals surface area contributed by atoms with Crippen LogP contribution in [0.15, 0.2) is 0 Å². The lowest BCUT2D eigenvalue weighted by atomic mass is 10.0. The summed E-state index contributed by atoms with van der Waals surface area (Å²) in [7, 11) is 1.93. The lowest BCUT2D eigenvalue weighted by Gasteiger charge is -2.35. The van der Waals surface area contributed by atoms with Gasteiger partial charge in [-0.1, -0.05) is 12.8 Å². The number of aliphatic hydroxyl groups is 1. The Morgan fingerprint density at radius 3 is 2.53 bits per heavy atom. The first-order chi connectivity index (χ1) is 9.02. The molecule has 1 atom stereocenters. The van der Waals surface area contributed by atoms with Crippen LogP contribution in [0.1, 0.15) is 32.6 Å². The second kappa shape index (κ2) is 6.20. The zero-order chi connectivity index (χ0) is 13.9. The second-order valence-electron chi connectivity index (χ2n) is 5.96. The van der Waals surface area contributed by atoms with Gasteiger partial charge in [0.05, 0.1) is 24.9 Å². The van der Waals surface area contributed by atoms with Gasteiger partial charge in [-0.3, -0.25) is 9.69 Å². The highest BCUT2D eigenvalue weighted by molar-refractivity contribution is 5.81. The number of hydrogen-bond donors (Lipinski definition) is 1. The summed E-state index contributed by atoms with van der Waals surface area (Å²) in [6.07, 6.45) is 3.90. The van der Waals surface area contributed by atoms with Crippen LogP contribution in [0, 0.1) is 0 Å². The molecule has 0 aromatic rings. The van der Waals surface area contributed by atoms with E-state index in [-0.39, 0.29) is 11.9 Å². The van der Waals surface area contributed by atoms with Gasteiger partial charge in [0.1, 0.15) is 0 Å². The zero-order valence-corrected chi connectivity index (χ0v) is 12.1. The van der Waals surface area contributed by atoms with Crippen LogP contribution in [0.2, 0.25) is 0 Å². The van der Waals surface area contributed by atoms with E-state index in [1.54, 1.807) is 0 Å². The molecule has 0 bridgehead atoms. The molecule has 19 heavy (non-hydrogen) atoms. The van der Waals surface area contributed by atoms with Gasteiger partial charge in [0.25, 0.3) is 0 Å². The first-order valence-electron chi connectivity index (χ1n) is 7.31. The molecule has 0 aromatic carbocycles. The predicted octanol–water partition coefficient (Wildman–Crippen LogP) is 0.471. The number of amides is 1. The van der Waals surface area contributed by atoms with Crippen LogP contribution in [-0.2, 0) is 9.53 Å². The van der Waals surface area contributed by atoms with E-state index in [1.807, 2.05) is 23.8 Å². The quantitative estimate of drug-likeness (QED) is 0.807. The molecule has 1 saturated carbocycles. The molecule has 2 fully saturated rings. The molecule has 110 valence electrons. The van der Waals surface area contributed by atoms with Gasteiger partial charge < -0.3 is 14.7 Å². The molecule has 1 saturated heterocycles. The predicted molar refractivity (Wildman–Crippen MR) is 72.9 cm³/mol.